The van der Waals surface area contributed by atoms with Gasteiger partial charge in [-0.25, -0.2) is 0 Å². The lowest BCUT2D eigenvalue weighted by Crippen LogP contribution is -2.48. The number of piperazine rings is 1. The fourth-order valence-corrected chi connectivity index (χ4v) is 4.38. The van der Waals surface area contributed by atoms with Gasteiger partial charge in [-0.1, -0.05) is 25.1 Å². The van der Waals surface area contributed by atoms with E-state index in [1.54, 1.807) is 24.3 Å². The highest BCUT2D eigenvalue weighted by atomic mass is 32.1. The maximum Gasteiger partial charge on any atom is 0.257 e. The molecule has 0 radical (unpaired) electrons. The molecule has 3 aromatic rings. The fourth-order valence-electron chi connectivity index (χ4n) is 4.17. The molecule has 4 rings (SSSR count). The minimum atomic E-state index is -0.283. The van der Waals surface area contributed by atoms with Crippen molar-refractivity contribution in [3.05, 3.63) is 89.5 Å². The molecule has 7 nitrogen and oxygen atoms in total. The summed E-state index contributed by atoms with van der Waals surface area (Å²) in [5, 5.41) is 6.00. The first-order valence-corrected chi connectivity index (χ1v) is 12.9. The molecule has 2 amide bonds. The van der Waals surface area contributed by atoms with E-state index in [0.29, 0.717) is 25.3 Å². The van der Waals surface area contributed by atoms with E-state index in [2.05, 4.69) is 15.5 Å². The van der Waals surface area contributed by atoms with E-state index in [-0.39, 0.29) is 16.9 Å². The number of benzene rings is 3. The molecule has 0 atom stereocenters. The predicted molar refractivity (Wildman–Crippen MR) is 152 cm³/mol. The van der Waals surface area contributed by atoms with Crippen LogP contribution in [0.15, 0.2) is 72.8 Å². The lowest BCUT2D eigenvalue weighted by Gasteiger charge is -2.36. The molecule has 0 unspecified atom stereocenters. The highest BCUT2D eigenvalue weighted by Gasteiger charge is 2.23. The molecule has 0 aromatic heterocycles. The highest BCUT2D eigenvalue weighted by molar-refractivity contribution is 7.80. The van der Waals surface area contributed by atoms with E-state index < -0.39 is 0 Å². The Labute approximate surface area is 223 Å². The van der Waals surface area contributed by atoms with Gasteiger partial charge in [-0.2, -0.15) is 0 Å². The van der Waals surface area contributed by atoms with E-state index in [0.717, 1.165) is 47.8 Å². The first-order chi connectivity index (χ1) is 17.9. The van der Waals surface area contributed by atoms with Crippen molar-refractivity contribution in [1.82, 2.24) is 10.2 Å². The Bertz CT molecular complexity index is 1240. The van der Waals surface area contributed by atoms with Crippen LogP contribution < -0.4 is 20.3 Å². The number of ether oxygens (including phenoxy) is 1. The molecule has 1 fully saturated rings. The Kier molecular flexibility index (Phi) is 8.74. The second-order valence-corrected chi connectivity index (χ2v) is 9.33. The average Bonchev–Trinajstić information content (AvgIpc) is 2.92. The number of rotatable bonds is 7. The Balaban J connectivity index is 1.26. The van der Waals surface area contributed by atoms with Gasteiger partial charge in [-0.15, -0.1) is 0 Å². The normalized spacial score (nSPS) is 13.1. The number of nitrogens with zero attached hydrogens (tertiary/aromatic N) is 2. The molecule has 1 aliphatic rings. The van der Waals surface area contributed by atoms with E-state index in [4.69, 9.17) is 17.0 Å². The number of carbonyl (C=O) groups is 2. The first kappa shape index (κ1) is 26.2. The van der Waals surface area contributed by atoms with E-state index in [1.165, 1.54) is 0 Å². The number of aryl methyl sites for hydroxylation is 1. The first-order valence-electron chi connectivity index (χ1n) is 12.5. The Morgan fingerprint density at radius 1 is 0.919 bits per heavy atom. The van der Waals surface area contributed by atoms with Crippen molar-refractivity contribution in [3.63, 3.8) is 0 Å². The number of hydrogen-bond donors (Lipinski definition) is 2. The molecular weight excluding hydrogens is 484 g/mol. The number of hydrogen-bond acceptors (Lipinski definition) is 5. The molecule has 192 valence electrons. The van der Waals surface area contributed by atoms with Crippen molar-refractivity contribution in [2.24, 2.45) is 0 Å². The summed E-state index contributed by atoms with van der Waals surface area (Å²) < 4.78 is 5.55. The average molecular weight is 517 g/mol. The van der Waals surface area contributed by atoms with Crippen LogP contribution in [-0.2, 0) is 0 Å². The zero-order chi connectivity index (χ0) is 26.2. The quantitative estimate of drug-likeness (QED) is 0.437. The van der Waals surface area contributed by atoms with Crippen molar-refractivity contribution < 1.29 is 14.3 Å². The number of anilines is 2. The molecule has 1 aliphatic heterocycles. The summed E-state index contributed by atoms with van der Waals surface area (Å²) in [6, 6.07) is 22.6. The van der Waals surface area contributed by atoms with Gasteiger partial charge >= 0.3 is 0 Å². The molecule has 37 heavy (non-hydrogen) atoms. The molecule has 0 bridgehead atoms. The maximum absolute atomic E-state index is 12.9. The van der Waals surface area contributed by atoms with Gasteiger partial charge in [0.1, 0.15) is 5.75 Å². The van der Waals surface area contributed by atoms with Crippen LogP contribution in [0.1, 0.15) is 39.6 Å². The summed E-state index contributed by atoms with van der Waals surface area (Å²) >= 11 is 5.32. The second-order valence-electron chi connectivity index (χ2n) is 8.92. The third-order valence-electron chi connectivity index (χ3n) is 6.25. The van der Waals surface area contributed by atoms with Gasteiger partial charge in [0.05, 0.1) is 6.61 Å². The SMILES string of the molecule is CCCOc1ccc(C(=O)NC(=S)Nc2ccc(N3CCN(C(=O)c4ccccc4C)CC3)cc2)cc1. The minimum Gasteiger partial charge on any atom is -0.494 e. The molecular formula is C29H32N4O3S. The van der Waals surface area contributed by atoms with Gasteiger partial charge in [-0.3, -0.25) is 14.9 Å². The summed E-state index contributed by atoms with van der Waals surface area (Å²) in [6.07, 6.45) is 0.926. The summed E-state index contributed by atoms with van der Waals surface area (Å²) in [7, 11) is 0. The lowest BCUT2D eigenvalue weighted by molar-refractivity contribution is 0.0746. The van der Waals surface area contributed by atoms with Crippen LogP contribution >= 0.6 is 12.2 Å². The standard InChI is InChI=1S/C29H32N4O3S/c1-3-20-36-25-14-8-22(9-15-25)27(34)31-29(37)30-23-10-12-24(13-11-23)32-16-18-33(19-17-32)28(35)26-7-5-4-6-21(26)2/h4-15H,3,16-20H2,1-2H3,(H2,30,31,34,37). The molecule has 0 aliphatic carbocycles. The molecule has 1 saturated heterocycles. The van der Waals surface area contributed by atoms with E-state index in [1.807, 2.05) is 67.3 Å². The van der Waals surface area contributed by atoms with Crippen LogP contribution in [0.25, 0.3) is 0 Å². The van der Waals surface area contributed by atoms with E-state index in [9.17, 15) is 9.59 Å². The molecule has 2 N–H and O–H groups in total. The van der Waals surface area contributed by atoms with Gasteiger partial charge in [0.25, 0.3) is 11.8 Å². The summed E-state index contributed by atoms with van der Waals surface area (Å²) in [6.45, 7) is 7.53. The molecule has 0 saturated carbocycles. The fraction of sp³-hybridized carbons (Fsp3) is 0.276. The zero-order valence-electron chi connectivity index (χ0n) is 21.2. The van der Waals surface area contributed by atoms with Gasteiger partial charge in [0.15, 0.2) is 5.11 Å². The van der Waals surface area contributed by atoms with Crippen molar-refractivity contribution in [2.45, 2.75) is 20.3 Å². The zero-order valence-corrected chi connectivity index (χ0v) is 22.0. The smallest absolute Gasteiger partial charge is 0.257 e. The Morgan fingerprint density at radius 2 is 1.59 bits per heavy atom. The van der Waals surface area contributed by atoms with Gasteiger partial charge in [0.2, 0.25) is 0 Å². The Hall–Kier alpha value is -3.91. The van der Waals surface area contributed by atoms with Crippen molar-refractivity contribution in [2.75, 3.05) is 43.0 Å². The molecule has 0 spiro atoms. The molecule has 8 heteroatoms. The topological polar surface area (TPSA) is 73.9 Å². The van der Waals surface area contributed by atoms with Crippen LogP contribution in [-0.4, -0.2) is 54.6 Å². The van der Waals surface area contributed by atoms with Crippen molar-refractivity contribution in [3.8, 4) is 5.75 Å². The van der Waals surface area contributed by atoms with Crippen LogP contribution in [0.5, 0.6) is 5.75 Å². The maximum atomic E-state index is 12.9. The van der Waals surface area contributed by atoms with Gasteiger partial charge in [0, 0.05) is 48.7 Å². The third-order valence-corrected chi connectivity index (χ3v) is 6.45. The summed E-state index contributed by atoms with van der Waals surface area (Å²) in [5.74, 6) is 0.543. The number of amides is 2. The van der Waals surface area contributed by atoms with Crippen molar-refractivity contribution >= 4 is 40.5 Å². The van der Waals surface area contributed by atoms with Crippen LogP contribution in [0.3, 0.4) is 0 Å². The van der Waals surface area contributed by atoms with Crippen LogP contribution in [0.2, 0.25) is 0 Å². The third kappa shape index (κ3) is 6.86. The molecule has 3 aromatic carbocycles. The second kappa shape index (κ2) is 12.4. The monoisotopic (exact) mass is 516 g/mol. The number of thiocarbonyl (C=S) groups is 1. The number of carbonyl (C=O) groups excluding carboxylic acids is 2. The van der Waals surface area contributed by atoms with Crippen LogP contribution in [0.4, 0.5) is 11.4 Å². The summed E-state index contributed by atoms with van der Waals surface area (Å²) in [5.41, 5.74) is 4.14. The largest absolute Gasteiger partial charge is 0.494 e. The van der Waals surface area contributed by atoms with Crippen molar-refractivity contribution in [1.29, 1.82) is 0 Å². The predicted octanol–water partition coefficient (Wildman–Crippen LogP) is 4.87. The molecule has 1 heterocycles. The van der Waals surface area contributed by atoms with E-state index >= 15 is 0 Å². The highest BCUT2D eigenvalue weighted by Crippen LogP contribution is 2.21. The number of nitrogens with one attached hydrogen (secondary N) is 2. The van der Waals surface area contributed by atoms with Gasteiger partial charge in [-0.05, 0) is 85.7 Å². The Morgan fingerprint density at radius 3 is 2.24 bits per heavy atom. The van der Waals surface area contributed by atoms with Gasteiger partial charge < -0.3 is 19.9 Å². The summed E-state index contributed by atoms with van der Waals surface area (Å²) in [4.78, 5) is 29.6. The lowest BCUT2D eigenvalue weighted by atomic mass is 10.1. The minimum absolute atomic E-state index is 0.0913. The van der Waals surface area contributed by atoms with Crippen LogP contribution in [0, 0.1) is 6.92 Å².